The Bertz CT molecular complexity index is 656. The average Bonchev–Trinajstić information content (AvgIpc) is 2.99. The van der Waals surface area contributed by atoms with Gasteiger partial charge in [0.05, 0.1) is 12.4 Å². The second-order valence-corrected chi connectivity index (χ2v) is 4.41. The van der Waals surface area contributed by atoms with Crippen LogP contribution in [-0.2, 0) is 0 Å². The fraction of sp³-hybridized carbons (Fsp3) is 0.167. The molecule has 3 heterocycles. The summed E-state index contributed by atoms with van der Waals surface area (Å²) in [5.41, 5.74) is 1.95. The summed E-state index contributed by atoms with van der Waals surface area (Å²) in [6, 6.07) is 3.78. The van der Waals surface area contributed by atoms with E-state index in [1.54, 1.807) is 12.4 Å². The van der Waals surface area contributed by atoms with Gasteiger partial charge in [-0.3, -0.25) is 15.2 Å². The molecule has 102 valence electrons. The van der Waals surface area contributed by atoms with Gasteiger partial charge in [-0.2, -0.15) is 10.2 Å². The zero-order valence-electron chi connectivity index (χ0n) is 11.1. The smallest absolute Gasteiger partial charge is 0.153 e. The van der Waals surface area contributed by atoms with Gasteiger partial charge >= 0.3 is 0 Å². The first-order chi connectivity index (χ1) is 9.69. The Morgan fingerprint density at radius 1 is 0.800 bits per heavy atom. The quantitative estimate of drug-likeness (QED) is 0.578. The van der Waals surface area contributed by atoms with Crippen molar-refractivity contribution >= 4 is 23.3 Å². The first kappa shape index (κ1) is 12.2. The average molecular weight is 270 g/mol. The molecule has 8 heteroatoms. The lowest BCUT2D eigenvalue weighted by atomic mass is 10.4. The maximum absolute atomic E-state index is 4.39. The molecule has 0 aliphatic heterocycles. The standard InChI is InChI=1S/C12H14N8/c1-7-3-9(19-17-7)14-11-5-13-6-12(16-11)15-10-4-8(2)18-20-10/h3-6H,1-2H3,(H4,14,15,16,17,18,19,20). The molecule has 0 radical (unpaired) electrons. The van der Waals surface area contributed by atoms with E-state index in [-0.39, 0.29) is 0 Å². The van der Waals surface area contributed by atoms with Crippen molar-refractivity contribution in [3.05, 3.63) is 35.9 Å². The predicted molar refractivity (Wildman–Crippen MR) is 75.2 cm³/mol. The summed E-state index contributed by atoms with van der Waals surface area (Å²) < 4.78 is 0. The first-order valence-corrected chi connectivity index (χ1v) is 6.09. The first-order valence-electron chi connectivity index (χ1n) is 6.09. The van der Waals surface area contributed by atoms with Gasteiger partial charge in [0, 0.05) is 23.5 Å². The molecule has 0 saturated heterocycles. The minimum atomic E-state index is 0.605. The number of anilines is 4. The minimum absolute atomic E-state index is 0.605. The number of H-pyrrole nitrogens is 2. The van der Waals surface area contributed by atoms with Crippen LogP contribution in [0.5, 0.6) is 0 Å². The number of aromatic nitrogens is 6. The van der Waals surface area contributed by atoms with Crippen molar-refractivity contribution in [1.82, 2.24) is 30.4 Å². The molecule has 3 aromatic rings. The lowest BCUT2D eigenvalue weighted by Crippen LogP contribution is -1.99. The van der Waals surface area contributed by atoms with Gasteiger partial charge < -0.3 is 10.6 Å². The summed E-state index contributed by atoms with van der Waals surface area (Å²) in [6.45, 7) is 3.86. The van der Waals surface area contributed by atoms with E-state index in [0.29, 0.717) is 23.3 Å². The van der Waals surface area contributed by atoms with Crippen LogP contribution in [0.1, 0.15) is 11.4 Å². The highest BCUT2D eigenvalue weighted by Gasteiger charge is 2.04. The topological polar surface area (TPSA) is 107 Å². The van der Waals surface area contributed by atoms with Crippen molar-refractivity contribution in [1.29, 1.82) is 0 Å². The van der Waals surface area contributed by atoms with E-state index in [4.69, 9.17) is 0 Å². The summed E-state index contributed by atoms with van der Waals surface area (Å²) in [5.74, 6) is 2.61. The molecule has 0 spiro atoms. The van der Waals surface area contributed by atoms with E-state index < -0.39 is 0 Å². The Hall–Kier alpha value is -2.90. The Labute approximate surface area is 115 Å². The van der Waals surface area contributed by atoms with Crippen molar-refractivity contribution in [2.45, 2.75) is 13.8 Å². The van der Waals surface area contributed by atoms with Gasteiger partial charge in [-0.1, -0.05) is 0 Å². The molecule has 0 aliphatic rings. The van der Waals surface area contributed by atoms with Crippen molar-refractivity contribution < 1.29 is 0 Å². The van der Waals surface area contributed by atoms with E-state index in [1.165, 1.54) is 0 Å². The van der Waals surface area contributed by atoms with Crippen molar-refractivity contribution in [3.63, 3.8) is 0 Å². The minimum Gasteiger partial charge on any atom is -0.322 e. The van der Waals surface area contributed by atoms with Gasteiger partial charge in [-0.05, 0) is 13.8 Å². The van der Waals surface area contributed by atoms with Crippen LogP contribution in [0, 0.1) is 13.8 Å². The molecule has 0 aromatic carbocycles. The summed E-state index contributed by atoms with van der Waals surface area (Å²) in [6.07, 6.45) is 3.26. The molecule has 0 bridgehead atoms. The molecule has 0 unspecified atom stereocenters. The van der Waals surface area contributed by atoms with Crippen LogP contribution in [-0.4, -0.2) is 30.4 Å². The maximum atomic E-state index is 4.39. The zero-order valence-corrected chi connectivity index (χ0v) is 11.1. The molecule has 0 atom stereocenters. The zero-order chi connectivity index (χ0) is 13.9. The normalized spacial score (nSPS) is 10.5. The summed E-state index contributed by atoms with van der Waals surface area (Å²) in [5, 5.41) is 20.0. The second kappa shape index (κ2) is 5.00. The SMILES string of the molecule is Cc1cc(Nc2cncc(Nc3cc(C)[nH]n3)n2)n[nH]1. The molecular formula is C12H14N8. The Morgan fingerprint density at radius 3 is 1.70 bits per heavy atom. The van der Waals surface area contributed by atoms with Crippen LogP contribution in [0.15, 0.2) is 24.5 Å². The van der Waals surface area contributed by atoms with E-state index >= 15 is 0 Å². The fourth-order valence-corrected chi connectivity index (χ4v) is 1.71. The number of aryl methyl sites for hydroxylation is 2. The number of nitrogens with one attached hydrogen (secondary N) is 4. The highest BCUT2D eigenvalue weighted by molar-refractivity contribution is 5.56. The maximum Gasteiger partial charge on any atom is 0.153 e. The third-order valence-electron chi connectivity index (χ3n) is 2.56. The van der Waals surface area contributed by atoms with Crippen molar-refractivity contribution in [2.75, 3.05) is 10.6 Å². The van der Waals surface area contributed by atoms with Gasteiger partial charge in [0.1, 0.15) is 0 Å². The Balaban J connectivity index is 1.75. The van der Waals surface area contributed by atoms with Crippen LogP contribution in [0.4, 0.5) is 23.3 Å². The Morgan fingerprint density at radius 2 is 1.30 bits per heavy atom. The number of aromatic amines is 2. The van der Waals surface area contributed by atoms with Crippen molar-refractivity contribution in [2.24, 2.45) is 0 Å². The third-order valence-corrected chi connectivity index (χ3v) is 2.56. The molecule has 0 aliphatic carbocycles. The van der Waals surface area contributed by atoms with E-state index in [9.17, 15) is 0 Å². The number of nitrogens with zero attached hydrogens (tertiary/aromatic N) is 4. The molecule has 4 N–H and O–H groups in total. The van der Waals surface area contributed by atoms with E-state index in [0.717, 1.165) is 11.4 Å². The Kier molecular flexibility index (Phi) is 3.04. The predicted octanol–water partition coefficient (Wildman–Crippen LogP) is 2.03. The van der Waals surface area contributed by atoms with Crippen LogP contribution in [0.25, 0.3) is 0 Å². The van der Waals surface area contributed by atoms with E-state index in [2.05, 4.69) is 41.0 Å². The molecule has 8 nitrogen and oxygen atoms in total. The molecule has 0 fully saturated rings. The molecular weight excluding hydrogens is 256 g/mol. The number of rotatable bonds is 4. The van der Waals surface area contributed by atoms with Crippen LogP contribution in [0.3, 0.4) is 0 Å². The lowest BCUT2D eigenvalue weighted by Gasteiger charge is -2.04. The number of hydrogen-bond donors (Lipinski definition) is 4. The summed E-state index contributed by atoms with van der Waals surface area (Å²) >= 11 is 0. The van der Waals surface area contributed by atoms with Gasteiger partial charge in [0.25, 0.3) is 0 Å². The van der Waals surface area contributed by atoms with E-state index in [1.807, 2.05) is 26.0 Å². The second-order valence-electron chi connectivity index (χ2n) is 4.41. The highest BCUT2D eigenvalue weighted by atomic mass is 15.2. The summed E-state index contributed by atoms with van der Waals surface area (Å²) in [7, 11) is 0. The molecule has 0 amide bonds. The monoisotopic (exact) mass is 270 g/mol. The fourth-order valence-electron chi connectivity index (χ4n) is 1.71. The highest BCUT2D eigenvalue weighted by Crippen LogP contribution is 2.16. The molecule has 3 rings (SSSR count). The molecule has 20 heavy (non-hydrogen) atoms. The third kappa shape index (κ3) is 2.74. The number of hydrogen-bond acceptors (Lipinski definition) is 6. The van der Waals surface area contributed by atoms with Gasteiger partial charge in [-0.25, -0.2) is 4.98 Å². The van der Waals surface area contributed by atoms with Gasteiger partial charge in [0.15, 0.2) is 23.3 Å². The van der Waals surface area contributed by atoms with Crippen molar-refractivity contribution in [3.8, 4) is 0 Å². The summed E-state index contributed by atoms with van der Waals surface area (Å²) in [4.78, 5) is 8.52. The van der Waals surface area contributed by atoms with Crippen LogP contribution in [0.2, 0.25) is 0 Å². The largest absolute Gasteiger partial charge is 0.322 e. The van der Waals surface area contributed by atoms with Gasteiger partial charge in [-0.15, -0.1) is 0 Å². The van der Waals surface area contributed by atoms with Crippen LogP contribution >= 0.6 is 0 Å². The van der Waals surface area contributed by atoms with Crippen LogP contribution < -0.4 is 10.6 Å². The molecule has 3 aromatic heterocycles. The lowest BCUT2D eigenvalue weighted by molar-refractivity contribution is 1.04. The van der Waals surface area contributed by atoms with Gasteiger partial charge in [0.2, 0.25) is 0 Å². The molecule has 0 saturated carbocycles.